The predicted molar refractivity (Wildman–Crippen MR) is 171 cm³/mol. The lowest BCUT2D eigenvalue weighted by Crippen LogP contribution is -2.42. The summed E-state index contributed by atoms with van der Waals surface area (Å²) in [6.07, 6.45) is 0.467. The molecule has 0 unspecified atom stereocenters. The number of benzene rings is 4. The van der Waals surface area contributed by atoms with Gasteiger partial charge in [-0.05, 0) is 53.6 Å². The van der Waals surface area contributed by atoms with Crippen molar-refractivity contribution < 1.29 is 27.5 Å². The number of hydrogen-bond donors (Lipinski definition) is 2. The predicted octanol–water partition coefficient (Wildman–Crippen LogP) is 5.43. The fourth-order valence-corrected chi connectivity index (χ4v) is 7.11. The van der Waals surface area contributed by atoms with Gasteiger partial charge in [-0.3, -0.25) is 0 Å². The van der Waals surface area contributed by atoms with Gasteiger partial charge < -0.3 is 19.7 Å². The number of methoxy groups -OCH3 is 1. The maximum atomic E-state index is 13.2. The number of esters is 1. The van der Waals surface area contributed by atoms with E-state index in [2.05, 4.69) is 22.2 Å². The van der Waals surface area contributed by atoms with Crippen LogP contribution in [-0.2, 0) is 24.3 Å². The zero-order valence-corrected chi connectivity index (χ0v) is 25.9. The number of anilines is 1. The van der Waals surface area contributed by atoms with Gasteiger partial charge >= 0.3 is 12.1 Å². The van der Waals surface area contributed by atoms with Gasteiger partial charge in [0, 0.05) is 43.0 Å². The molecule has 4 aromatic rings. The fourth-order valence-electron chi connectivity index (χ4n) is 5.82. The van der Waals surface area contributed by atoms with Crippen LogP contribution in [0.5, 0.6) is 0 Å². The molecule has 1 amide bonds. The van der Waals surface area contributed by atoms with Crippen LogP contribution in [0.25, 0.3) is 21.9 Å². The zero-order chi connectivity index (χ0) is 31.3. The number of unbranched alkanes of at least 4 members (excludes halogenated alkanes) is 1. The van der Waals surface area contributed by atoms with E-state index in [0.29, 0.717) is 18.2 Å². The molecule has 0 saturated heterocycles. The fraction of sp³-hybridized carbons (Fsp3) is 0.294. The Hall–Kier alpha value is -4.41. The highest BCUT2D eigenvalue weighted by Gasteiger charge is 2.30. The van der Waals surface area contributed by atoms with Crippen LogP contribution in [-0.4, -0.2) is 60.9 Å². The number of alkyl carbamates (subject to hydrolysis) is 1. The number of hydrogen-bond acceptors (Lipinski definition) is 7. The van der Waals surface area contributed by atoms with Crippen LogP contribution in [0.15, 0.2) is 89.8 Å². The van der Waals surface area contributed by atoms with E-state index in [0.717, 1.165) is 33.3 Å². The van der Waals surface area contributed by atoms with Crippen molar-refractivity contribution in [3.8, 4) is 11.1 Å². The number of sulfonamides is 1. The number of rotatable bonds is 12. The minimum Gasteiger partial charge on any atom is -0.467 e. The van der Waals surface area contributed by atoms with E-state index in [9.17, 15) is 18.0 Å². The molecule has 1 aliphatic rings. The van der Waals surface area contributed by atoms with Gasteiger partial charge in [0.1, 0.15) is 12.6 Å². The lowest BCUT2D eigenvalue weighted by atomic mass is 9.98. The minimum atomic E-state index is -3.78. The van der Waals surface area contributed by atoms with Crippen LogP contribution in [0.2, 0.25) is 0 Å². The maximum Gasteiger partial charge on any atom is 0.407 e. The van der Waals surface area contributed by atoms with E-state index >= 15 is 0 Å². The lowest BCUT2D eigenvalue weighted by molar-refractivity contribution is -0.143. The first-order valence-corrected chi connectivity index (χ1v) is 16.1. The summed E-state index contributed by atoms with van der Waals surface area (Å²) in [5.74, 6) is -0.694. The first kappa shape index (κ1) is 31.0. The summed E-state index contributed by atoms with van der Waals surface area (Å²) >= 11 is 0. The van der Waals surface area contributed by atoms with Crippen molar-refractivity contribution in [3.05, 3.63) is 96.1 Å². The van der Waals surface area contributed by atoms with Gasteiger partial charge in [0.2, 0.25) is 10.0 Å². The Labute approximate surface area is 258 Å². The highest BCUT2D eigenvalue weighted by atomic mass is 32.2. The molecule has 5 rings (SSSR count). The summed E-state index contributed by atoms with van der Waals surface area (Å²) in [4.78, 5) is 27.4. The molecular formula is C34H37N3O6S. The second-order valence-electron chi connectivity index (χ2n) is 11.0. The molecule has 0 heterocycles. The monoisotopic (exact) mass is 615 g/mol. The largest absolute Gasteiger partial charge is 0.467 e. The molecule has 230 valence electrons. The first-order valence-electron chi connectivity index (χ1n) is 14.6. The smallest absolute Gasteiger partial charge is 0.407 e. The molecule has 44 heavy (non-hydrogen) atoms. The van der Waals surface area contributed by atoms with E-state index < -0.39 is 28.1 Å². The maximum absolute atomic E-state index is 13.2. The first-order chi connectivity index (χ1) is 21.2. The Morgan fingerprint density at radius 3 is 2.14 bits per heavy atom. The van der Waals surface area contributed by atoms with Gasteiger partial charge in [0.25, 0.3) is 0 Å². The van der Waals surface area contributed by atoms with Crippen LogP contribution >= 0.6 is 0 Å². The second-order valence-corrected chi connectivity index (χ2v) is 12.7. The van der Waals surface area contributed by atoms with Gasteiger partial charge in [-0.1, -0.05) is 72.8 Å². The molecular weight excluding hydrogens is 578 g/mol. The summed E-state index contributed by atoms with van der Waals surface area (Å²) in [6.45, 7) is 0.296. The summed E-state index contributed by atoms with van der Waals surface area (Å²) < 4.78 is 39.5. The Morgan fingerprint density at radius 1 is 0.841 bits per heavy atom. The van der Waals surface area contributed by atoms with E-state index in [1.807, 2.05) is 73.6 Å². The summed E-state index contributed by atoms with van der Waals surface area (Å²) in [6, 6.07) is 26.0. The van der Waals surface area contributed by atoms with E-state index in [1.54, 1.807) is 18.2 Å². The number of ether oxygens (including phenoxy) is 2. The third-order valence-corrected chi connectivity index (χ3v) is 9.48. The topological polar surface area (TPSA) is 114 Å². The molecule has 0 saturated carbocycles. The molecule has 2 N–H and O–H groups in total. The highest BCUT2D eigenvalue weighted by Crippen LogP contribution is 2.44. The van der Waals surface area contributed by atoms with Gasteiger partial charge in [0.05, 0.1) is 12.0 Å². The average molecular weight is 616 g/mol. The Morgan fingerprint density at radius 2 is 1.48 bits per heavy atom. The molecule has 0 bridgehead atoms. The molecule has 1 atom stereocenters. The number of nitrogens with one attached hydrogen (secondary N) is 2. The van der Waals surface area contributed by atoms with E-state index in [4.69, 9.17) is 9.47 Å². The SMILES string of the molecule is COC(=O)[C@H](CCCCNS(=O)(=O)c1cccc2c(N(C)C)cccc12)NC(=O)OCC1c2ccccc2-c2ccccc21. The molecule has 0 radical (unpaired) electrons. The average Bonchev–Trinajstić information content (AvgIpc) is 3.35. The highest BCUT2D eigenvalue weighted by molar-refractivity contribution is 7.89. The van der Waals surface area contributed by atoms with Gasteiger partial charge in [0.15, 0.2) is 0 Å². The van der Waals surface area contributed by atoms with Crippen molar-refractivity contribution in [2.24, 2.45) is 0 Å². The third-order valence-electron chi connectivity index (χ3n) is 7.96. The second kappa shape index (κ2) is 13.5. The van der Waals surface area contributed by atoms with Crippen molar-refractivity contribution in [3.63, 3.8) is 0 Å². The Balaban J connectivity index is 1.14. The number of nitrogens with zero attached hydrogens (tertiary/aromatic N) is 1. The lowest BCUT2D eigenvalue weighted by Gasteiger charge is -2.19. The summed E-state index contributed by atoms with van der Waals surface area (Å²) in [7, 11) is 1.31. The van der Waals surface area contributed by atoms with Crippen molar-refractivity contribution in [2.45, 2.75) is 36.1 Å². The molecule has 0 fully saturated rings. The summed E-state index contributed by atoms with van der Waals surface area (Å²) in [5, 5.41) is 4.12. The van der Waals surface area contributed by atoms with Crippen molar-refractivity contribution in [2.75, 3.05) is 39.3 Å². The van der Waals surface area contributed by atoms with Crippen molar-refractivity contribution in [1.82, 2.24) is 10.0 Å². The number of fused-ring (bicyclic) bond motifs is 4. The van der Waals surface area contributed by atoms with Crippen LogP contribution < -0.4 is 14.9 Å². The van der Waals surface area contributed by atoms with Crippen LogP contribution in [0.3, 0.4) is 0 Å². The van der Waals surface area contributed by atoms with Gasteiger partial charge in [-0.2, -0.15) is 0 Å². The summed E-state index contributed by atoms with van der Waals surface area (Å²) in [5.41, 5.74) is 5.36. The van der Waals surface area contributed by atoms with E-state index in [1.165, 1.54) is 7.11 Å². The third kappa shape index (κ3) is 6.56. The van der Waals surface area contributed by atoms with Gasteiger partial charge in [-0.15, -0.1) is 0 Å². The zero-order valence-electron chi connectivity index (χ0n) is 25.1. The quantitative estimate of drug-likeness (QED) is 0.161. The molecule has 0 spiro atoms. The van der Waals surface area contributed by atoms with Crippen molar-refractivity contribution >= 4 is 38.5 Å². The molecule has 1 aliphatic carbocycles. The Kier molecular flexibility index (Phi) is 9.51. The van der Waals surface area contributed by atoms with E-state index in [-0.39, 0.29) is 30.4 Å². The molecule has 0 aromatic heterocycles. The Bertz CT molecular complexity index is 1730. The molecule has 0 aliphatic heterocycles. The number of carbonyl (C=O) groups is 2. The minimum absolute atomic E-state index is 0.103. The molecule has 10 heteroatoms. The van der Waals surface area contributed by atoms with Crippen molar-refractivity contribution in [1.29, 1.82) is 0 Å². The van der Waals surface area contributed by atoms with Crippen LogP contribution in [0, 0.1) is 0 Å². The number of carbonyl (C=O) groups excluding carboxylic acids is 2. The van der Waals surface area contributed by atoms with Gasteiger partial charge in [-0.25, -0.2) is 22.7 Å². The number of amides is 1. The van der Waals surface area contributed by atoms with Crippen LogP contribution in [0.1, 0.15) is 36.3 Å². The molecule has 4 aromatic carbocycles. The normalized spacial score (nSPS) is 13.2. The standard InChI is InChI=1S/C34H37N3O6S/c1-37(2)31-19-10-17-28-27(31)16-11-20-32(28)44(40,41)35-21-9-8-18-30(33(38)42-3)36-34(39)43-22-29-25-14-6-4-12-23(25)24-13-5-7-15-26(24)29/h4-7,10-17,19-20,29-30,35H,8-9,18,21-22H2,1-3H3,(H,36,39)/t30-/m0/s1. The van der Waals surface area contributed by atoms with Crippen LogP contribution in [0.4, 0.5) is 10.5 Å². The molecule has 9 nitrogen and oxygen atoms in total.